The lowest BCUT2D eigenvalue weighted by molar-refractivity contribution is 0.740. The summed E-state index contributed by atoms with van der Waals surface area (Å²) < 4.78 is 0. The Morgan fingerprint density at radius 2 is 1.95 bits per heavy atom. The lowest BCUT2D eigenvalue weighted by Crippen LogP contribution is -2.00. The number of pyridine rings is 1. The second-order valence-electron chi connectivity index (χ2n) is 5.43. The van der Waals surface area contributed by atoms with Crippen molar-refractivity contribution >= 4 is 6.08 Å². The SMILES string of the molecule is CCc1cnccc1C(C)C/C(C)=C/c1ccccc1. The molecule has 0 aliphatic carbocycles. The number of hydrogen-bond donors (Lipinski definition) is 0. The molecule has 0 aliphatic heterocycles. The summed E-state index contributed by atoms with van der Waals surface area (Å²) in [5.41, 5.74) is 5.50. The summed E-state index contributed by atoms with van der Waals surface area (Å²) in [5, 5.41) is 0. The molecule has 0 N–H and O–H groups in total. The van der Waals surface area contributed by atoms with Crippen molar-refractivity contribution in [3.05, 3.63) is 71.1 Å². The number of nitrogens with zero attached hydrogens (tertiary/aromatic N) is 1. The van der Waals surface area contributed by atoms with Crippen LogP contribution >= 0.6 is 0 Å². The Morgan fingerprint density at radius 1 is 1.20 bits per heavy atom. The summed E-state index contributed by atoms with van der Waals surface area (Å²) in [7, 11) is 0. The van der Waals surface area contributed by atoms with Gasteiger partial charge in [0, 0.05) is 12.4 Å². The second kappa shape index (κ2) is 7.04. The molecular formula is C19H23N. The molecule has 0 spiro atoms. The molecule has 0 fully saturated rings. The van der Waals surface area contributed by atoms with Crippen LogP contribution in [0.1, 0.15) is 49.8 Å². The topological polar surface area (TPSA) is 12.9 Å². The Morgan fingerprint density at radius 3 is 2.65 bits per heavy atom. The first-order valence-electron chi connectivity index (χ1n) is 7.35. The van der Waals surface area contributed by atoms with E-state index in [4.69, 9.17) is 0 Å². The number of aryl methyl sites for hydroxylation is 1. The molecule has 2 aromatic rings. The van der Waals surface area contributed by atoms with Crippen molar-refractivity contribution < 1.29 is 0 Å². The van der Waals surface area contributed by atoms with Crippen molar-refractivity contribution in [1.82, 2.24) is 4.98 Å². The molecule has 1 aromatic heterocycles. The Labute approximate surface area is 122 Å². The van der Waals surface area contributed by atoms with Crippen molar-refractivity contribution in [3.8, 4) is 0 Å². The van der Waals surface area contributed by atoms with E-state index in [9.17, 15) is 0 Å². The summed E-state index contributed by atoms with van der Waals surface area (Å²) in [6, 6.07) is 12.7. The third-order valence-electron chi connectivity index (χ3n) is 3.69. The minimum Gasteiger partial charge on any atom is -0.264 e. The predicted molar refractivity (Wildman–Crippen MR) is 86.7 cm³/mol. The fourth-order valence-electron chi connectivity index (χ4n) is 2.70. The molecule has 0 aliphatic rings. The third kappa shape index (κ3) is 3.80. The van der Waals surface area contributed by atoms with Gasteiger partial charge in [0.2, 0.25) is 0 Å². The van der Waals surface area contributed by atoms with Crippen LogP contribution in [0.3, 0.4) is 0 Å². The first-order chi connectivity index (χ1) is 9.70. The van der Waals surface area contributed by atoms with E-state index in [-0.39, 0.29) is 0 Å². The van der Waals surface area contributed by atoms with Gasteiger partial charge in [-0.15, -0.1) is 0 Å². The molecule has 1 nitrogen and oxygen atoms in total. The highest BCUT2D eigenvalue weighted by Gasteiger charge is 2.10. The molecule has 20 heavy (non-hydrogen) atoms. The Kier molecular flexibility index (Phi) is 5.11. The Bertz CT molecular complexity index is 569. The standard InChI is InChI=1S/C19H23N/c1-4-18-14-20-11-10-19(18)16(3)12-15(2)13-17-8-6-5-7-9-17/h5-11,13-14,16H,4,12H2,1-3H3/b15-13+. The molecule has 0 saturated heterocycles. The molecule has 2 rings (SSSR count). The first kappa shape index (κ1) is 14.5. The van der Waals surface area contributed by atoms with Crippen LogP contribution in [0, 0.1) is 0 Å². The molecule has 0 bridgehead atoms. The second-order valence-corrected chi connectivity index (χ2v) is 5.43. The van der Waals surface area contributed by atoms with Gasteiger partial charge in [-0.2, -0.15) is 0 Å². The van der Waals surface area contributed by atoms with E-state index in [2.05, 4.69) is 68.2 Å². The molecule has 104 valence electrons. The fraction of sp³-hybridized carbons (Fsp3) is 0.316. The lowest BCUT2D eigenvalue weighted by Gasteiger charge is -2.15. The van der Waals surface area contributed by atoms with Crippen molar-refractivity contribution in [2.45, 2.75) is 39.5 Å². The van der Waals surface area contributed by atoms with Gasteiger partial charge in [0.1, 0.15) is 0 Å². The van der Waals surface area contributed by atoms with Crippen LogP contribution < -0.4 is 0 Å². The molecule has 1 unspecified atom stereocenters. The zero-order valence-electron chi connectivity index (χ0n) is 12.6. The van der Waals surface area contributed by atoms with E-state index in [1.54, 1.807) is 0 Å². The van der Waals surface area contributed by atoms with Crippen molar-refractivity contribution in [2.75, 3.05) is 0 Å². The average molecular weight is 265 g/mol. The summed E-state index contributed by atoms with van der Waals surface area (Å²) in [4.78, 5) is 4.23. The summed E-state index contributed by atoms with van der Waals surface area (Å²) >= 11 is 0. The highest BCUT2D eigenvalue weighted by atomic mass is 14.6. The minimum absolute atomic E-state index is 0.535. The summed E-state index contributed by atoms with van der Waals surface area (Å²) in [6.45, 7) is 6.72. The predicted octanol–water partition coefficient (Wildman–Crippen LogP) is 5.24. The van der Waals surface area contributed by atoms with Crippen LogP contribution in [-0.2, 0) is 6.42 Å². The van der Waals surface area contributed by atoms with Crippen LogP contribution in [0.5, 0.6) is 0 Å². The molecular weight excluding hydrogens is 242 g/mol. The van der Waals surface area contributed by atoms with Crippen molar-refractivity contribution in [2.24, 2.45) is 0 Å². The van der Waals surface area contributed by atoms with Gasteiger partial charge in [0.25, 0.3) is 0 Å². The molecule has 0 amide bonds. The molecule has 1 atom stereocenters. The van der Waals surface area contributed by atoms with E-state index >= 15 is 0 Å². The van der Waals surface area contributed by atoms with Crippen LogP contribution in [-0.4, -0.2) is 4.98 Å². The Balaban J connectivity index is 2.11. The minimum atomic E-state index is 0.535. The lowest BCUT2D eigenvalue weighted by atomic mass is 9.90. The molecule has 0 radical (unpaired) electrons. The van der Waals surface area contributed by atoms with Gasteiger partial charge in [0.15, 0.2) is 0 Å². The van der Waals surface area contributed by atoms with Crippen LogP contribution in [0.25, 0.3) is 6.08 Å². The summed E-state index contributed by atoms with van der Waals surface area (Å²) in [5.74, 6) is 0.535. The number of aromatic nitrogens is 1. The monoisotopic (exact) mass is 265 g/mol. The number of benzene rings is 1. The van der Waals surface area contributed by atoms with Gasteiger partial charge < -0.3 is 0 Å². The quantitative estimate of drug-likeness (QED) is 0.720. The zero-order chi connectivity index (χ0) is 14.4. The van der Waals surface area contributed by atoms with Gasteiger partial charge in [-0.25, -0.2) is 0 Å². The third-order valence-corrected chi connectivity index (χ3v) is 3.69. The fourth-order valence-corrected chi connectivity index (χ4v) is 2.70. The van der Waals surface area contributed by atoms with E-state index in [1.807, 2.05) is 12.4 Å². The van der Waals surface area contributed by atoms with Gasteiger partial charge in [-0.3, -0.25) is 4.98 Å². The van der Waals surface area contributed by atoms with Gasteiger partial charge in [-0.05, 0) is 48.4 Å². The van der Waals surface area contributed by atoms with Crippen LogP contribution in [0.2, 0.25) is 0 Å². The van der Waals surface area contributed by atoms with Crippen LogP contribution in [0.15, 0.2) is 54.4 Å². The number of hydrogen-bond acceptors (Lipinski definition) is 1. The van der Waals surface area contributed by atoms with Gasteiger partial charge >= 0.3 is 0 Å². The molecule has 1 aromatic carbocycles. The molecule has 1 heterocycles. The van der Waals surface area contributed by atoms with E-state index in [0.29, 0.717) is 5.92 Å². The normalized spacial score (nSPS) is 13.2. The number of rotatable bonds is 5. The number of allylic oxidation sites excluding steroid dienone is 1. The molecule has 1 heteroatoms. The first-order valence-corrected chi connectivity index (χ1v) is 7.35. The highest BCUT2D eigenvalue weighted by Crippen LogP contribution is 2.26. The van der Waals surface area contributed by atoms with E-state index < -0.39 is 0 Å². The van der Waals surface area contributed by atoms with Crippen molar-refractivity contribution in [1.29, 1.82) is 0 Å². The maximum atomic E-state index is 4.23. The Hall–Kier alpha value is -1.89. The van der Waals surface area contributed by atoms with E-state index in [1.165, 1.54) is 22.3 Å². The summed E-state index contributed by atoms with van der Waals surface area (Å²) in [6.07, 6.45) is 8.33. The van der Waals surface area contributed by atoms with Gasteiger partial charge in [0.05, 0.1) is 0 Å². The molecule has 0 saturated carbocycles. The smallest absolute Gasteiger partial charge is 0.0302 e. The largest absolute Gasteiger partial charge is 0.264 e. The maximum Gasteiger partial charge on any atom is 0.0302 e. The average Bonchev–Trinajstić information content (AvgIpc) is 2.48. The maximum absolute atomic E-state index is 4.23. The zero-order valence-corrected chi connectivity index (χ0v) is 12.6. The highest BCUT2D eigenvalue weighted by molar-refractivity contribution is 5.52. The van der Waals surface area contributed by atoms with Crippen LogP contribution in [0.4, 0.5) is 0 Å². The van der Waals surface area contributed by atoms with Crippen molar-refractivity contribution in [3.63, 3.8) is 0 Å². The van der Waals surface area contributed by atoms with E-state index in [0.717, 1.165) is 12.8 Å². The van der Waals surface area contributed by atoms with Gasteiger partial charge in [-0.1, -0.05) is 55.8 Å².